The Labute approximate surface area is 98.4 Å². The molecule has 0 aromatic carbocycles. The van der Waals surface area contributed by atoms with E-state index < -0.39 is 10.0 Å². The molecule has 0 aliphatic carbocycles. The number of unbranched alkanes of at least 4 members (excludes halogenated alkanes) is 1. The maximum absolute atomic E-state index is 12.0. The lowest BCUT2D eigenvalue weighted by Crippen LogP contribution is -2.49. The fourth-order valence-electron chi connectivity index (χ4n) is 2.71. The topological polar surface area (TPSA) is 49.4 Å². The average molecular weight is 246 g/mol. The molecule has 2 heterocycles. The Balaban J connectivity index is 1.95. The number of nitrogens with one attached hydrogen (secondary N) is 1. The highest BCUT2D eigenvalue weighted by molar-refractivity contribution is 7.89. The summed E-state index contributed by atoms with van der Waals surface area (Å²) in [6.07, 6.45) is 3.97. The summed E-state index contributed by atoms with van der Waals surface area (Å²) in [6.45, 7) is 4.50. The molecule has 5 heteroatoms. The minimum Gasteiger partial charge on any atom is -0.312 e. The Kier molecular flexibility index (Phi) is 3.87. The van der Waals surface area contributed by atoms with Gasteiger partial charge in [0.25, 0.3) is 0 Å². The molecule has 0 aromatic rings. The number of piperidine rings is 1. The number of fused-ring (bicyclic) bond motifs is 1. The average Bonchev–Trinajstić information content (AvgIpc) is 2.73. The summed E-state index contributed by atoms with van der Waals surface area (Å²) in [5.41, 5.74) is 0. The third-order valence-corrected chi connectivity index (χ3v) is 5.71. The van der Waals surface area contributed by atoms with Crippen molar-refractivity contribution in [1.82, 2.24) is 9.62 Å². The SMILES string of the molecule is CCCCS(=O)(=O)N1CC[C@@H]2CCN[C@@H]2C1. The second-order valence-electron chi connectivity index (χ2n) is 4.93. The maximum atomic E-state index is 12.0. The van der Waals surface area contributed by atoms with Gasteiger partial charge in [-0.3, -0.25) is 0 Å². The Bertz CT molecular complexity index is 329. The third kappa shape index (κ3) is 2.57. The fourth-order valence-corrected chi connectivity index (χ4v) is 4.39. The van der Waals surface area contributed by atoms with Gasteiger partial charge in [-0.25, -0.2) is 12.7 Å². The van der Waals surface area contributed by atoms with Crippen molar-refractivity contribution in [3.05, 3.63) is 0 Å². The predicted molar refractivity (Wildman–Crippen MR) is 64.8 cm³/mol. The van der Waals surface area contributed by atoms with E-state index in [0.717, 1.165) is 32.4 Å². The van der Waals surface area contributed by atoms with Crippen LogP contribution in [0.25, 0.3) is 0 Å². The molecule has 2 fully saturated rings. The van der Waals surface area contributed by atoms with Crippen LogP contribution in [0.1, 0.15) is 32.6 Å². The second-order valence-corrected chi connectivity index (χ2v) is 7.01. The summed E-state index contributed by atoms with van der Waals surface area (Å²) in [5, 5.41) is 3.41. The highest BCUT2D eigenvalue weighted by atomic mass is 32.2. The number of nitrogens with zero attached hydrogens (tertiary/aromatic N) is 1. The minimum absolute atomic E-state index is 0.320. The van der Waals surface area contributed by atoms with Crippen molar-refractivity contribution < 1.29 is 8.42 Å². The Morgan fingerprint density at radius 3 is 2.94 bits per heavy atom. The van der Waals surface area contributed by atoms with Crippen LogP contribution >= 0.6 is 0 Å². The van der Waals surface area contributed by atoms with E-state index in [9.17, 15) is 8.42 Å². The lowest BCUT2D eigenvalue weighted by atomic mass is 9.94. The Hall–Kier alpha value is -0.130. The van der Waals surface area contributed by atoms with E-state index >= 15 is 0 Å². The molecule has 0 amide bonds. The van der Waals surface area contributed by atoms with Crippen LogP contribution in [0, 0.1) is 5.92 Å². The second kappa shape index (κ2) is 5.02. The quantitative estimate of drug-likeness (QED) is 0.798. The highest BCUT2D eigenvalue weighted by Crippen LogP contribution is 2.26. The zero-order valence-corrected chi connectivity index (χ0v) is 10.8. The van der Waals surface area contributed by atoms with Gasteiger partial charge in [-0.15, -0.1) is 0 Å². The molecule has 1 N–H and O–H groups in total. The largest absolute Gasteiger partial charge is 0.312 e. The van der Waals surface area contributed by atoms with Crippen LogP contribution in [-0.2, 0) is 10.0 Å². The van der Waals surface area contributed by atoms with Crippen LogP contribution < -0.4 is 5.32 Å². The molecule has 0 spiro atoms. The maximum Gasteiger partial charge on any atom is 0.214 e. The number of hydrogen-bond acceptors (Lipinski definition) is 3. The van der Waals surface area contributed by atoms with Gasteiger partial charge in [-0.1, -0.05) is 13.3 Å². The smallest absolute Gasteiger partial charge is 0.214 e. The van der Waals surface area contributed by atoms with Crippen LogP contribution in [0.4, 0.5) is 0 Å². The molecule has 2 rings (SSSR count). The zero-order chi connectivity index (χ0) is 11.6. The minimum atomic E-state index is -2.99. The first-order chi connectivity index (χ1) is 7.63. The molecule has 2 saturated heterocycles. The van der Waals surface area contributed by atoms with E-state index in [0.29, 0.717) is 24.3 Å². The van der Waals surface area contributed by atoms with Crippen molar-refractivity contribution in [3.63, 3.8) is 0 Å². The molecule has 0 saturated carbocycles. The molecule has 4 nitrogen and oxygen atoms in total. The molecule has 2 aliphatic rings. The van der Waals surface area contributed by atoms with E-state index in [4.69, 9.17) is 0 Å². The van der Waals surface area contributed by atoms with Crippen molar-refractivity contribution in [1.29, 1.82) is 0 Å². The van der Waals surface area contributed by atoms with Gasteiger partial charge in [0.05, 0.1) is 5.75 Å². The lowest BCUT2D eigenvalue weighted by Gasteiger charge is -2.34. The molecule has 0 unspecified atom stereocenters. The number of sulfonamides is 1. The zero-order valence-electron chi connectivity index (χ0n) is 9.98. The van der Waals surface area contributed by atoms with Crippen LogP contribution in [-0.4, -0.2) is 44.2 Å². The van der Waals surface area contributed by atoms with Gasteiger partial charge < -0.3 is 5.32 Å². The van der Waals surface area contributed by atoms with Crippen molar-refractivity contribution in [2.24, 2.45) is 5.92 Å². The Morgan fingerprint density at radius 2 is 2.19 bits per heavy atom. The predicted octanol–water partition coefficient (Wildman–Crippen LogP) is 0.800. The summed E-state index contributed by atoms with van der Waals surface area (Å²) in [5.74, 6) is 1.03. The van der Waals surface area contributed by atoms with Gasteiger partial charge in [0.1, 0.15) is 0 Å². The molecular formula is C11H22N2O2S. The van der Waals surface area contributed by atoms with Gasteiger partial charge in [-0.05, 0) is 31.7 Å². The molecule has 0 radical (unpaired) electrons. The van der Waals surface area contributed by atoms with E-state index in [1.54, 1.807) is 4.31 Å². The molecule has 16 heavy (non-hydrogen) atoms. The van der Waals surface area contributed by atoms with Gasteiger partial charge in [-0.2, -0.15) is 0 Å². The van der Waals surface area contributed by atoms with Gasteiger partial charge in [0.15, 0.2) is 0 Å². The fraction of sp³-hybridized carbons (Fsp3) is 1.00. The standard InChI is InChI=1S/C11H22N2O2S/c1-2-3-8-16(14,15)13-7-5-10-4-6-12-11(10)9-13/h10-12H,2-9H2,1H3/t10-,11+/m0/s1. The van der Waals surface area contributed by atoms with Crippen molar-refractivity contribution in [2.75, 3.05) is 25.4 Å². The van der Waals surface area contributed by atoms with E-state index in [-0.39, 0.29) is 0 Å². The first kappa shape index (κ1) is 12.3. The van der Waals surface area contributed by atoms with Crippen molar-refractivity contribution in [2.45, 2.75) is 38.6 Å². The summed E-state index contributed by atoms with van der Waals surface area (Å²) in [7, 11) is -2.99. The van der Waals surface area contributed by atoms with Gasteiger partial charge >= 0.3 is 0 Å². The molecule has 2 aliphatic heterocycles. The molecule has 94 valence electrons. The summed E-state index contributed by atoms with van der Waals surface area (Å²) < 4.78 is 25.8. The number of rotatable bonds is 4. The van der Waals surface area contributed by atoms with Crippen LogP contribution in [0.15, 0.2) is 0 Å². The van der Waals surface area contributed by atoms with Gasteiger partial charge in [0.2, 0.25) is 10.0 Å². The first-order valence-electron chi connectivity index (χ1n) is 6.34. The normalized spacial score (nSPS) is 31.6. The van der Waals surface area contributed by atoms with Crippen LogP contribution in [0.3, 0.4) is 0 Å². The first-order valence-corrected chi connectivity index (χ1v) is 7.95. The van der Waals surface area contributed by atoms with E-state index in [2.05, 4.69) is 5.32 Å². The van der Waals surface area contributed by atoms with Crippen molar-refractivity contribution >= 4 is 10.0 Å². The van der Waals surface area contributed by atoms with Crippen molar-refractivity contribution in [3.8, 4) is 0 Å². The van der Waals surface area contributed by atoms with Crippen LogP contribution in [0.5, 0.6) is 0 Å². The van der Waals surface area contributed by atoms with Crippen LogP contribution in [0.2, 0.25) is 0 Å². The number of hydrogen-bond donors (Lipinski definition) is 1. The summed E-state index contributed by atoms with van der Waals surface area (Å²) >= 11 is 0. The van der Waals surface area contributed by atoms with Gasteiger partial charge in [0, 0.05) is 19.1 Å². The molecule has 0 aromatic heterocycles. The Morgan fingerprint density at radius 1 is 1.38 bits per heavy atom. The van der Waals surface area contributed by atoms with E-state index in [1.165, 1.54) is 6.42 Å². The monoisotopic (exact) mass is 246 g/mol. The third-order valence-electron chi connectivity index (χ3n) is 3.79. The highest BCUT2D eigenvalue weighted by Gasteiger charge is 2.36. The molecule has 0 bridgehead atoms. The summed E-state index contributed by atoms with van der Waals surface area (Å²) in [6, 6.07) is 0.408. The summed E-state index contributed by atoms with van der Waals surface area (Å²) in [4.78, 5) is 0. The molecule has 2 atom stereocenters. The molecular weight excluding hydrogens is 224 g/mol. The lowest BCUT2D eigenvalue weighted by molar-refractivity contribution is 0.249. The van der Waals surface area contributed by atoms with E-state index in [1.807, 2.05) is 6.92 Å².